The monoisotopic (exact) mass is 272 g/mol. The minimum atomic E-state index is -4.34. The molecule has 0 atom stereocenters. The summed E-state index contributed by atoms with van der Waals surface area (Å²) >= 11 is 0. The zero-order chi connectivity index (χ0) is 14.1. The number of esters is 1. The van der Waals surface area contributed by atoms with E-state index in [1.54, 1.807) is 0 Å². The van der Waals surface area contributed by atoms with Crippen LogP contribution in [0.25, 0.3) is 0 Å². The van der Waals surface area contributed by atoms with Crippen molar-refractivity contribution in [2.24, 2.45) is 0 Å². The molecule has 0 aromatic heterocycles. The minimum absolute atomic E-state index is 0.401. The third-order valence-corrected chi connectivity index (χ3v) is 3.49. The molecule has 0 unspecified atom stereocenters. The van der Waals surface area contributed by atoms with Gasteiger partial charge in [-0.3, -0.25) is 4.79 Å². The van der Waals surface area contributed by atoms with Gasteiger partial charge in [0.15, 0.2) is 0 Å². The Hall–Kier alpha value is -1.52. The van der Waals surface area contributed by atoms with Crippen molar-refractivity contribution in [1.82, 2.24) is 0 Å². The number of benzene rings is 1. The summed E-state index contributed by atoms with van der Waals surface area (Å²) in [4.78, 5) is 11.2. The van der Waals surface area contributed by atoms with E-state index in [1.807, 2.05) is 0 Å². The first-order chi connectivity index (χ1) is 8.83. The van der Waals surface area contributed by atoms with E-state index in [4.69, 9.17) is 4.74 Å². The fraction of sp³-hybridized carbons (Fsp3) is 0.500. The third kappa shape index (κ3) is 2.91. The summed E-state index contributed by atoms with van der Waals surface area (Å²) in [6.07, 6.45) is -1.19. The van der Waals surface area contributed by atoms with E-state index in [9.17, 15) is 18.0 Å². The molecule has 2 rings (SSSR count). The summed E-state index contributed by atoms with van der Waals surface area (Å²) in [7, 11) is 0. The molecule has 1 aromatic rings. The van der Waals surface area contributed by atoms with Gasteiger partial charge in [0.1, 0.15) is 5.60 Å². The van der Waals surface area contributed by atoms with Crippen molar-refractivity contribution >= 4 is 5.97 Å². The van der Waals surface area contributed by atoms with Crippen LogP contribution in [0.5, 0.6) is 0 Å². The maximum absolute atomic E-state index is 12.5. The van der Waals surface area contributed by atoms with Crippen LogP contribution in [0, 0.1) is 0 Å². The lowest BCUT2D eigenvalue weighted by Gasteiger charge is -2.29. The molecule has 0 heterocycles. The van der Waals surface area contributed by atoms with Gasteiger partial charge in [-0.2, -0.15) is 13.2 Å². The second-order valence-corrected chi connectivity index (χ2v) is 4.87. The van der Waals surface area contributed by atoms with Gasteiger partial charge in [-0.25, -0.2) is 0 Å². The van der Waals surface area contributed by atoms with Crippen LogP contribution in [0.4, 0.5) is 13.2 Å². The molecule has 1 aliphatic rings. The van der Waals surface area contributed by atoms with E-state index in [-0.39, 0.29) is 0 Å². The van der Waals surface area contributed by atoms with Crippen molar-refractivity contribution in [3.8, 4) is 0 Å². The molecule has 0 amide bonds. The van der Waals surface area contributed by atoms with Crippen molar-refractivity contribution in [1.29, 1.82) is 0 Å². The number of alkyl halides is 3. The zero-order valence-electron chi connectivity index (χ0n) is 10.6. The molecule has 0 bridgehead atoms. The lowest BCUT2D eigenvalue weighted by atomic mass is 9.91. The first kappa shape index (κ1) is 13.9. The fourth-order valence-electron chi connectivity index (χ4n) is 2.63. The second kappa shape index (κ2) is 4.87. The Labute approximate surface area is 109 Å². The van der Waals surface area contributed by atoms with E-state index in [2.05, 4.69) is 0 Å². The van der Waals surface area contributed by atoms with Gasteiger partial charge >= 0.3 is 12.1 Å². The van der Waals surface area contributed by atoms with Crippen LogP contribution in [0.1, 0.15) is 43.7 Å². The minimum Gasteiger partial charge on any atom is -0.454 e. The predicted molar refractivity (Wildman–Crippen MR) is 63.4 cm³/mol. The molecule has 0 aliphatic heterocycles. The molecule has 5 heteroatoms. The van der Waals surface area contributed by atoms with Crippen LogP contribution < -0.4 is 0 Å². The molecule has 0 radical (unpaired) electrons. The van der Waals surface area contributed by atoms with Gasteiger partial charge in [-0.1, -0.05) is 12.1 Å². The van der Waals surface area contributed by atoms with Crippen LogP contribution in [-0.4, -0.2) is 5.97 Å². The highest BCUT2D eigenvalue weighted by Gasteiger charge is 2.39. The van der Waals surface area contributed by atoms with E-state index < -0.39 is 23.3 Å². The molecule has 0 saturated heterocycles. The van der Waals surface area contributed by atoms with Crippen LogP contribution in [0.2, 0.25) is 0 Å². The van der Waals surface area contributed by atoms with Crippen molar-refractivity contribution < 1.29 is 22.7 Å². The van der Waals surface area contributed by atoms with Crippen molar-refractivity contribution in [2.45, 2.75) is 44.4 Å². The predicted octanol–water partition coefficient (Wildman–Crippen LogP) is 4.04. The molecule has 1 aromatic carbocycles. The SMILES string of the molecule is CC(=O)OC1(c2ccc(C(F)(F)F)cc2)CCCC1. The molecule has 104 valence electrons. The standard InChI is InChI=1S/C14H15F3O2/c1-10(18)19-13(8-2-3-9-13)11-4-6-12(7-5-11)14(15,16)17/h4-7H,2-3,8-9H2,1H3. The number of hydrogen-bond donors (Lipinski definition) is 0. The van der Waals surface area contributed by atoms with Crippen molar-refractivity contribution in [3.05, 3.63) is 35.4 Å². The Kier molecular flexibility index (Phi) is 3.56. The molecular formula is C14H15F3O2. The van der Waals surface area contributed by atoms with E-state index in [1.165, 1.54) is 19.1 Å². The van der Waals surface area contributed by atoms with Gasteiger partial charge in [-0.15, -0.1) is 0 Å². The van der Waals surface area contributed by atoms with Gasteiger partial charge < -0.3 is 4.74 Å². The Morgan fingerprint density at radius 1 is 1.16 bits per heavy atom. The molecule has 1 fully saturated rings. The number of rotatable bonds is 2. The highest BCUT2D eigenvalue weighted by atomic mass is 19.4. The summed E-state index contributed by atoms with van der Waals surface area (Å²) in [6.45, 7) is 1.32. The van der Waals surface area contributed by atoms with Crippen LogP contribution in [0.3, 0.4) is 0 Å². The average Bonchev–Trinajstić information content (AvgIpc) is 2.77. The number of carbonyl (C=O) groups excluding carboxylic acids is 1. The average molecular weight is 272 g/mol. The lowest BCUT2D eigenvalue weighted by Crippen LogP contribution is -2.28. The maximum Gasteiger partial charge on any atom is 0.416 e. The van der Waals surface area contributed by atoms with Gasteiger partial charge in [0.2, 0.25) is 0 Å². The molecule has 2 nitrogen and oxygen atoms in total. The van der Waals surface area contributed by atoms with Crippen molar-refractivity contribution in [3.63, 3.8) is 0 Å². The largest absolute Gasteiger partial charge is 0.454 e. The van der Waals surface area contributed by atoms with Crippen LogP contribution >= 0.6 is 0 Å². The van der Waals surface area contributed by atoms with Gasteiger partial charge in [0.05, 0.1) is 5.56 Å². The number of ether oxygens (including phenoxy) is 1. The molecule has 19 heavy (non-hydrogen) atoms. The molecule has 0 spiro atoms. The molecule has 0 N–H and O–H groups in total. The summed E-state index contributed by atoms with van der Waals surface area (Å²) in [6, 6.07) is 4.91. The Bertz CT molecular complexity index is 457. The number of halogens is 3. The second-order valence-electron chi connectivity index (χ2n) is 4.87. The first-order valence-electron chi connectivity index (χ1n) is 6.21. The van der Waals surface area contributed by atoms with Crippen LogP contribution in [0.15, 0.2) is 24.3 Å². The molecule has 1 saturated carbocycles. The van der Waals surface area contributed by atoms with E-state index >= 15 is 0 Å². The van der Waals surface area contributed by atoms with Crippen molar-refractivity contribution in [2.75, 3.05) is 0 Å². The number of carbonyl (C=O) groups is 1. The zero-order valence-corrected chi connectivity index (χ0v) is 10.6. The maximum atomic E-state index is 12.5. The smallest absolute Gasteiger partial charge is 0.416 e. The van der Waals surface area contributed by atoms with E-state index in [0.29, 0.717) is 18.4 Å². The van der Waals surface area contributed by atoms with Gasteiger partial charge in [-0.05, 0) is 43.4 Å². The topological polar surface area (TPSA) is 26.3 Å². The van der Waals surface area contributed by atoms with Gasteiger partial charge in [0, 0.05) is 6.92 Å². The van der Waals surface area contributed by atoms with Gasteiger partial charge in [0.25, 0.3) is 0 Å². The normalized spacial score (nSPS) is 18.3. The third-order valence-electron chi connectivity index (χ3n) is 3.49. The highest BCUT2D eigenvalue weighted by Crippen LogP contribution is 2.43. The highest BCUT2D eigenvalue weighted by molar-refractivity contribution is 5.67. The summed E-state index contributed by atoms with van der Waals surface area (Å²) in [5.41, 5.74) is -0.781. The Balaban J connectivity index is 2.31. The van der Waals surface area contributed by atoms with E-state index in [0.717, 1.165) is 25.0 Å². The molecule has 1 aliphatic carbocycles. The molecular weight excluding hydrogens is 257 g/mol. The Morgan fingerprint density at radius 3 is 2.11 bits per heavy atom. The van der Waals surface area contributed by atoms with Crippen LogP contribution in [-0.2, 0) is 21.3 Å². The fourth-order valence-corrected chi connectivity index (χ4v) is 2.63. The summed E-state index contributed by atoms with van der Waals surface area (Å²) in [5.74, 6) is -0.401. The summed E-state index contributed by atoms with van der Waals surface area (Å²) < 4.78 is 42.9. The lowest BCUT2D eigenvalue weighted by molar-refractivity contribution is -0.158. The summed E-state index contributed by atoms with van der Waals surface area (Å²) in [5, 5.41) is 0. The number of hydrogen-bond acceptors (Lipinski definition) is 2. The first-order valence-corrected chi connectivity index (χ1v) is 6.21. The quantitative estimate of drug-likeness (QED) is 0.759. The Morgan fingerprint density at radius 2 is 1.68 bits per heavy atom.